The normalized spacial score (nSPS) is 13.3. The third-order valence-electron chi connectivity index (χ3n) is 3.16. The van der Waals surface area contributed by atoms with Gasteiger partial charge in [-0.25, -0.2) is 0 Å². The molecule has 1 unspecified atom stereocenters. The van der Waals surface area contributed by atoms with Crippen molar-refractivity contribution in [2.24, 2.45) is 0 Å². The van der Waals surface area contributed by atoms with Crippen molar-refractivity contribution in [1.29, 1.82) is 0 Å². The van der Waals surface area contributed by atoms with Crippen molar-refractivity contribution >= 4 is 0 Å². The zero-order chi connectivity index (χ0) is 12.7. The first kappa shape index (κ1) is 14.2. The Hall–Kier alpha value is -0.860. The van der Waals surface area contributed by atoms with Crippen molar-refractivity contribution < 1.29 is 4.74 Å². The standard InChI is InChI=1S/C15H25NO/c1-5-15(11-16(4)13(2)3)17-12-14-9-7-6-8-10-14/h6-10,13,15H,5,11-12H2,1-4H3. The van der Waals surface area contributed by atoms with Gasteiger partial charge in [-0.3, -0.25) is 0 Å². The van der Waals surface area contributed by atoms with E-state index in [1.165, 1.54) is 5.56 Å². The minimum atomic E-state index is 0.322. The van der Waals surface area contributed by atoms with E-state index in [0.29, 0.717) is 18.8 Å². The fourth-order valence-corrected chi connectivity index (χ4v) is 1.62. The molecule has 0 saturated heterocycles. The highest BCUT2D eigenvalue weighted by Crippen LogP contribution is 2.08. The number of likely N-dealkylation sites (N-methyl/N-ethyl adjacent to an activating group) is 1. The van der Waals surface area contributed by atoms with Crippen LogP contribution in [-0.4, -0.2) is 30.6 Å². The van der Waals surface area contributed by atoms with Crippen LogP contribution in [0.2, 0.25) is 0 Å². The summed E-state index contributed by atoms with van der Waals surface area (Å²) in [5.41, 5.74) is 1.25. The Labute approximate surface area is 106 Å². The molecule has 2 nitrogen and oxygen atoms in total. The Morgan fingerprint density at radius 2 is 1.82 bits per heavy atom. The summed E-state index contributed by atoms with van der Waals surface area (Å²) < 4.78 is 5.96. The second kappa shape index (κ2) is 7.46. The van der Waals surface area contributed by atoms with Gasteiger partial charge in [0.15, 0.2) is 0 Å². The third kappa shape index (κ3) is 5.33. The minimum Gasteiger partial charge on any atom is -0.372 e. The van der Waals surface area contributed by atoms with E-state index in [4.69, 9.17) is 4.74 Å². The van der Waals surface area contributed by atoms with Crippen LogP contribution >= 0.6 is 0 Å². The van der Waals surface area contributed by atoms with E-state index in [1.54, 1.807) is 0 Å². The molecule has 1 aromatic carbocycles. The number of benzene rings is 1. The maximum Gasteiger partial charge on any atom is 0.0721 e. The Balaban J connectivity index is 2.37. The zero-order valence-corrected chi connectivity index (χ0v) is 11.5. The van der Waals surface area contributed by atoms with Crippen LogP contribution in [0.15, 0.2) is 30.3 Å². The lowest BCUT2D eigenvalue weighted by Gasteiger charge is -2.26. The van der Waals surface area contributed by atoms with Crippen molar-refractivity contribution in [1.82, 2.24) is 4.90 Å². The maximum atomic E-state index is 5.96. The van der Waals surface area contributed by atoms with Crippen LogP contribution in [0.3, 0.4) is 0 Å². The van der Waals surface area contributed by atoms with Crippen molar-refractivity contribution in [2.75, 3.05) is 13.6 Å². The SMILES string of the molecule is CCC(CN(C)C(C)C)OCc1ccccc1. The topological polar surface area (TPSA) is 12.5 Å². The van der Waals surface area contributed by atoms with E-state index in [1.807, 2.05) is 6.07 Å². The van der Waals surface area contributed by atoms with Gasteiger partial charge in [-0.1, -0.05) is 37.3 Å². The molecule has 1 atom stereocenters. The van der Waals surface area contributed by atoms with Gasteiger partial charge in [-0.2, -0.15) is 0 Å². The molecular weight excluding hydrogens is 210 g/mol. The van der Waals surface area contributed by atoms with Gasteiger partial charge in [0.25, 0.3) is 0 Å². The highest BCUT2D eigenvalue weighted by Gasteiger charge is 2.12. The van der Waals surface area contributed by atoms with Gasteiger partial charge in [0, 0.05) is 12.6 Å². The number of rotatable bonds is 7. The summed E-state index contributed by atoms with van der Waals surface area (Å²) in [6.45, 7) is 8.32. The fraction of sp³-hybridized carbons (Fsp3) is 0.600. The first-order valence-electron chi connectivity index (χ1n) is 6.49. The molecule has 0 bridgehead atoms. The van der Waals surface area contributed by atoms with Crippen LogP contribution in [0, 0.1) is 0 Å². The molecule has 0 aliphatic carbocycles. The molecule has 17 heavy (non-hydrogen) atoms. The predicted octanol–water partition coefficient (Wildman–Crippen LogP) is 3.32. The lowest BCUT2D eigenvalue weighted by Crippen LogP contribution is -2.35. The average Bonchev–Trinajstić information content (AvgIpc) is 2.35. The molecule has 0 aliphatic rings. The van der Waals surface area contributed by atoms with E-state index in [2.05, 4.69) is 57.0 Å². The first-order chi connectivity index (χ1) is 8.13. The second-order valence-corrected chi connectivity index (χ2v) is 4.86. The molecule has 1 rings (SSSR count). The van der Waals surface area contributed by atoms with Gasteiger partial charge in [-0.15, -0.1) is 0 Å². The van der Waals surface area contributed by atoms with Gasteiger partial charge in [0.1, 0.15) is 0 Å². The molecule has 0 radical (unpaired) electrons. The molecule has 0 N–H and O–H groups in total. The van der Waals surface area contributed by atoms with E-state index >= 15 is 0 Å². The summed E-state index contributed by atoms with van der Waals surface area (Å²) in [6.07, 6.45) is 1.38. The molecular formula is C15H25NO. The highest BCUT2D eigenvalue weighted by atomic mass is 16.5. The van der Waals surface area contributed by atoms with Crippen LogP contribution in [0.25, 0.3) is 0 Å². The molecule has 96 valence electrons. The smallest absolute Gasteiger partial charge is 0.0721 e. The number of hydrogen-bond donors (Lipinski definition) is 0. The number of nitrogens with zero attached hydrogens (tertiary/aromatic N) is 1. The van der Waals surface area contributed by atoms with E-state index < -0.39 is 0 Å². The van der Waals surface area contributed by atoms with Crippen LogP contribution in [0.5, 0.6) is 0 Å². The highest BCUT2D eigenvalue weighted by molar-refractivity contribution is 5.13. The Morgan fingerprint density at radius 3 is 2.35 bits per heavy atom. The predicted molar refractivity (Wildman–Crippen MR) is 73.1 cm³/mol. The fourth-order valence-electron chi connectivity index (χ4n) is 1.62. The molecule has 0 aromatic heterocycles. The van der Waals surface area contributed by atoms with Gasteiger partial charge in [0.2, 0.25) is 0 Å². The van der Waals surface area contributed by atoms with Crippen molar-refractivity contribution in [2.45, 2.75) is 45.9 Å². The van der Waals surface area contributed by atoms with Gasteiger partial charge < -0.3 is 9.64 Å². The van der Waals surface area contributed by atoms with E-state index in [-0.39, 0.29) is 0 Å². The first-order valence-corrected chi connectivity index (χ1v) is 6.49. The quantitative estimate of drug-likeness (QED) is 0.719. The van der Waals surface area contributed by atoms with Crippen LogP contribution in [-0.2, 0) is 11.3 Å². The largest absolute Gasteiger partial charge is 0.372 e. The molecule has 2 heteroatoms. The van der Waals surface area contributed by atoms with Crippen LogP contribution in [0.4, 0.5) is 0 Å². The zero-order valence-electron chi connectivity index (χ0n) is 11.5. The summed E-state index contributed by atoms with van der Waals surface area (Å²) in [7, 11) is 2.15. The lowest BCUT2D eigenvalue weighted by atomic mass is 10.2. The summed E-state index contributed by atoms with van der Waals surface area (Å²) in [4.78, 5) is 2.33. The summed E-state index contributed by atoms with van der Waals surface area (Å²) in [5.74, 6) is 0. The summed E-state index contributed by atoms with van der Waals surface area (Å²) in [6, 6.07) is 10.9. The molecule has 0 aliphatic heterocycles. The monoisotopic (exact) mass is 235 g/mol. The molecule has 1 aromatic rings. The minimum absolute atomic E-state index is 0.322. The summed E-state index contributed by atoms with van der Waals surface area (Å²) >= 11 is 0. The molecule has 0 spiro atoms. The van der Waals surface area contributed by atoms with Gasteiger partial charge in [-0.05, 0) is 32.9 Å². The summed E-state index contributed by atoms with van der Waals surface area (Å²) in [5, 5.41) is 0. The lowest BCUT2D eigenvalue weighted by molar-refractivity contribution is 0.0128. The van der Waals surface area contributed by atoms with E-state index in [0.717, 1.165) is 13.0 Å². The van der Waals surface area contributed by atoms with Gasteiger partial charge >= 0.3 is 0 Å². The third-order valence-corrected chi connectivity index (χ3v) is 3.16. The maximum absolute atomic E-state index is 5.96. The van der Waals surface area contributed by atoms with E-state index in [9.17, 15) is 0 Å². The van der Waals surface area contributed by atoms with Gasteiger partial charge in [0.05, 0.1) is 12.7 Å². The number of hydrogen-bond acceptors (Lipinski definition) is 2. The Morgan fingerprint density at radius 1 is 1.18 bits per heavy atom. The molecule has 0 saturated carbocycles. The molecule has 0 fully saturated rings. The van der Waals surface area contributed by atoms with Crippen molar-refractivity contribution in [3.63, 3.8) is 0 Å². The number of ether oxygens (including phenoxy) is 1. The van der Waals surface area contributed by atoms with Crippen molar-refractivity contribution in [3.05, 3.63) is 35.9 Å². The van der Waals surface area contributed by atoms with Crippen LogP contribution in [0.1, 0.15) is 32.8 Å². The second-order valence-electron chi connectivity index (χ2n) is 4.86. The Bertz CT molecular complexity index is 297. The van der Waals surface area contributed by atoms with Crippen molar-refractivity contribution in [3.8, 4) is 0 Å². The average molecular weight is 235 g/mol. The molecule has 0 heterocycles. The Kier molecular flexibility index (Phi) is 6.23. The molecule has 0 amide bonds. The van der Waals surface area contributed by atoms with Crippen LogP contribution < -0.4 is 0 Å².